The average Bonchev–Trinajstić information content (AvgIpc) is 3.17. The number of thioether (sulfide) groups is 1. The number of amides is 2. The minimum absolute atomic E-state index is 0.0819. The van der Waals surface area contributed by atoms with Crippen molar-refractivity contribution in [3.8, 4) is 6.07 Å². The van der Waals surface area contributed by atoms with E-state index in [1.807, 2.05) is 32.0 Å². The molecule has 1 atom stereocenters. The molecule has 0 radical (unpaired) electrons. The molecule has 0 spiro atoms. The first-order valence-corrected chi connectivity index (χ1v) is 9.44. The van der Waals surface area contributed by atoms with E-state index in [-0.39, 0.29) is 24.0 Å². The fraction of sp³-hybridized carbons (Fsp3) is 0.250. The van der Waals surface area contributed by atoms with E-state index in [2.05, 4.69) is 16.7 Å². The lowest BCUT2D eigenvalue weighted by Crippen LogP contribution is -2.31. The molecular formula is C20H19N3O3S. The first-order chi connectivity index (χ1) is 13.0. The maximum absolute atomic E-state index is 12.3. The van der Waals surface area contributed by atoms with E-state index in [9.17, 15) is 14.9 Å². The van der Waals surface area contributed by atoms with Crippen molar-refractivity contribution in [3.63, 3.8) is 0 Å². The van der Waals surface area contributed by atoms with E-state index >= 15 is 0 Å². The van der Waals surface area contributed by atoms with Gasteiger partial charge in [-0.25, -0.2) is 0 Å². The highest BCUT2D eigenvalue weighted by Gasteiger charge is 2.31. The number of carbonyl (C=O) groups is 2. The predicted molar refractivity (Wildman–Crippen MR) is 104 cm³/mol. The Morgan fingerprint density at radius 3 is 2.85 bits per heavy atom. The molecule has 0 bridgehead atoms. The molecule has 0 saturated heterocycles. The summed E-state index contributed by atoms with van der Waals surface area (Å²) < 4.78 is 5.37. The van der Waals surface area contributed by atoms with Crippen LogP contribution in [0.1, 0.15) is 29.2 Å². The minimum Gasteiger partial charge on any atom is -0.469 e. The highest BCUT2D eigenvalue weighted by atomic mass is 32.2. The molecule has 2 aromatic rings. The number of nitrogens with zero attached hydrogens (tertiary/aromatic N) is 1. The van der Waals surface area contributed by atoms with E-state index in [0.29, 0.717) is 16.4 Å². The zero-order valence-corrected chi connectivity index (χ0v) is 15.9. The van der Waals surface area contributed by atoms with Crippen LogP contribution in [0.25, 0.3) is 0 Å². The van der Waals surface area contributed by atoms with Gasteiger partial charge in [0.25, 0.3) is 0 Å². The van der Waals surface area contributed by atoms with Gasteiger partial charge in [0.2, 0.25) is 11.8 Å². The third-order valence-corrected chi connectivity index (χ3v) is 5.40. The molecule has 3 rings (SSSR count). The van der Waals surface area contributed by atoms with Gasteiger partial charge in [-0.2, -0.15) is 5.26 Å². The van der Waals surface area contributed by atoms with Gasteiger partial charge in [-0.05, 0) is 49.2 Å². The van der Waals surface area contributed by atoms with Crippen molar-refractivity contribution in [1.29, 1.82) is 5.26 Å². The Labute approximate surface area is 161 Å². The summed E-state index contributed by atoms with van der Waals surface area (Å²) in [5.74, 6) is -0.184. The molecule has 6 nitrogen and oxygen atoms in total. The Hall–Kier alpha value is -2.98. The quantitative estimate of drug-likeness (QED) is 0.825. The van der Waals surface area contributed by atoms with Gasteiger partial charge in [0.05, 0.1) is 34.6 Å². The predicted octanol–water partition coefficient (Wildman–Crippen LogP) is 3.61. The number of nitriles is 1. The first-order valence-electron chi connectivity index (χ1n) is 8.45. The second kappa shape index (κ2) is 8.14. The van der Waals surface area contributed by atoms with Gasteiger partial charge < -0.3 is 15.1 Å². The summed E-state index contributed by atoms with van der Waals surface area (Å²) in [6, 6.07) is 11.3. The lowest BCUT2D eigenvalue weighted by molar-refractivity contribution is -0.121. The Bertz CT molecular complexity index is 942. The number of hydrogen-bond donors (Lipinski definition) is 2. The molecule has 1 aromatic carbocycles. The number of carbonyl (C=O) groups excluding carboxylic acids is 2. The average molecular weight is 381 g/mol. The van der Waals surface area contributed by atoms with E-state index in [1.54, 1.807) is 12.1 Å². The topological polar surface area (TPSA) is 95.1 Å². The van der Waals surface area contributed by atoms with Gasteiger partial charge in [0, 0.05) is 12.1 Å². The van der Waals surface area contributed by atoms with Gasteiger partial charge >= 0.3 is 0 Å². The second-order valence-electron chi connectivity index (χ2n) is 6.31. The van der Waals surface area contributed by atoms with Crippen LogP contribution in [0.15, 0.2) is 51.6 Å². The van der Waals surface area contributed by atoms with Crippen molar-refractivity contribution in [2.75, 3.05) is 11.1 Å². The van der Waals surface area contributed by atoms with Crippen molar-refractivity contribution >= 4 is 29.3 Å². The summed E-state index contributed by atoms with van der Waals surface area (Å²) in [6.45, 7) is 3.99. The van der Waals surface area contributed by atoms with Crippen molar-refractivity contribution in [3.05, 3.63) is 64.1 Å². The second-order valence-corrected chi connectivity index (χ2v) is 7.30. The van der Waals surface area contributed by atoms with Crippen molar-refractivity contribution in [1.82, 2.24) is 5.32 Å². The van der Waals surface area contributed by atoms with Gasteiger partial charge in [-0.1, -0.05) is 17.8 Å². The summed E-state index contributed by atoms with van der Waals surface area (Å²) in [6.07, 6.45) is 1.66. The van der Waals surface area contributed by atoms with Crippen molar-refractivity contribution in [2.45, 2.75) is 26.2 Å². The summed E-state index contributed by atoms with van der Waals surface area (Å²) in [4.78, 5) is 24.3. The maximum Gasteiger partial charge on any atom is 0.234 e. The monoisotopic (exact) mass is 381 g/mol. The van der Waals surface area contributed by atoms with Crippen LogP contribution in [0.3, 0.4) is 0 Å². The zero-order chi connectivity index (χ0) is 19.4. The fourth-order valence-corrected chi connectivity index (χ4v) is 3.70. The molecular weight excluding hydrogens is 362 g/mol. The molecule has 0 saturated carbocycles. The van der Waals surface area contributed by atoms with E-state index in [4.69, 9.17) is 4.42 Å². The lowest BCUT2D eigenvalue weighted by Gasteiger charge is -2.23. The number of aryl methyl sites for hydroxylation is 2. The number of furan rings is 1. The molecule has 2 heterocycles. The third kappa shape index (κ3) is 4.41. The molecule has 2 N–H and O–H groups in total. The summed E-state index contributed by atoms with van der Waals surface area (Å²) in [5.41, 5.74) is 3.38. The third-order valence-electron chi connectivity index (χ3n) is 4.38. The standard InChI is InChI=1S/C20H19N3O3S/c1-12-5-6-14(8-13(12)2)22-19(25)11-27-20-16(10-21)15(9-18(24)23-20)17-4-3-7-26-17/h3-8,15H,9,11H2,1-2H3,(H,22,25)(H,23,24)/t15-/m1/s1. The number of anilines is 1. The number of hydrogen-bond acceptors (Lipinski definition) is 5. The molecule has 0 unspecified atom stereocenters. The van der Waals surface area contributed by atoms with Crippen molar-refractivity contribution < 1.29 is 14.0 Å². The molecule has 138 valence electrons. The molecule has 27 heavy (non-hydrogen) atoms. The van der Waals surface area contributed by atoms with Crippen LogP contribution in [-0.4, -0.2) is 17.6 Å². The molecule has 1 aliphatic rings. The number of benzene rings is 1. The molecule has 1 aliphatic heterocycles. The minimum atomic E-state index is -0.427. The fourth-order valence-electron chi connectivity index (χ4n) is 2.82. The Balaban J connectivity index is 1.71. The summed E-state index contributed by atoms with van der Waals surface area (Å²) in [5, 5.41) is 15.5. The largest absolute Gasteiger partial charge is 0.469 e. The SMILES string of the molecule is Cc1ccc(NC(=O)CSC2=C(C#N)[C@H](c3ccco3)CC(=O)N2)cc1C. The first kappa shape index (κ1) is 18.8. The van der Waals surface area contributed by atoms with Crippen molar-refractivity contribution in [2.24, 2.45) is 0 Å². The molecule has 0 aliphatic carbocycles. The Morgan fingerprint density at radius 1 is 1.37 bits per heavy atom. The van der Waals surface area contributed by atoms with E-state index < -0.39 is 5.92 Å². The van der Waals surface area contributed by atoms with Crippen LogP contribution in [0.5, 0.6) is 0 Å². The highest BCUT2D eigenvalue weighted by molar-refractivity contribution is 8.03. The van der Waals surface area contributed by atoms with Crippen LogP contribution in [0.2, 0.25) is 0 Å². The Morgan fingerprint density at radius 2 is 2.19 bits per heavy atom. The molecule has 1 aromatic heterocycles. The van der Waals surface area contributed by atoms with Crippen LogP contribution < -0.4 is 10.6 Å². The number of nitrogens with one attached hydrogen (secondary N) is 2. The molecule has 7 heteroatoms. The van der Waals surface area contributed by atoms with Crippen LogP contribution in [-0.2, 0) is 9.59 Å². The summed E-state index contributed by atoms with van der Waals surface area (Å²) in [7, 11) is 0. The lowest BCUT2D eigenvalue weighted by atomic mass is 9.92. The zero-order valence-electron chi connectivity index (χ0n) is 15.0. The van der Waals surface area contributed by atoms with Crippen LogP contribution in [0.4, 0.5) is 5.69 Å². The van der Waals surface area contributed by atoms with Crippen LogP contribution >= 0.6 is 11.8 Å². The Kier molecular flexibility index (Phi) is 5.67. The van der Waals surface area contributed by atoms with E-state index in [0.717, 1.165) is 28.6 Å². The smallest absolute Gasteiger partial charge is 0.234 e. The normalized spacial score (nSPS) is 16.6. The van der Waals surface area contributed by atoms with E-state index in [1.165, 1.54) is 6.26 Å². The van der Waals surface area contributed by atoms with Gasteiger partial charge in [0.1, 0.15) is 5.76 Å². The van der Waals surface area contributed by atoms with Gasteiger partial charge in [-0.15, -0.1) is 0 Å². The summed E-state index contributed by atoms with van der Waals surface area (Å²) >= 11 is 1.14. The highest BCUT2D eigenvalue weighted by Crippen LogP contribution is 2.36. The number of rotatable bonds is 5. The van der Waals surface area contributed by atoms with Gasteiger partial charge in [0.15, 0.2) is 0 Å². The van der Waals surface area contributed by atoms with Crippen LogP contribution in [0, 0.1) is 25.2 Å². The maximum atomic E-state index is 12.3. The molecule has 0 fully saturated rings. The van der Waals surface area contributed by atoms with Gasteiger partial charge in [-0.3, -0.25) is 9.59 Å². The number of allylic oxidation sites excluding steroid dienone is 1. The molecule has 2 amide bonds.